The van der Waals surface area contributed by atoms with E-state index in [1.54, 1.807) is 42.2 Å². The van der Waals surface area contributed by atoms with Crippen LogP contribution in [0.15, 0.2) is 36.5 Å². The van der Waals surface area contributed by atoms with Gasteiger partial charge >= 0.3 is 6.03 Å². The zero-order chi connectivity index (χ0) is 16.7. The topological polar surface area (TPSA) is 67.2 Å². The van der Waals surface area contributed by atoms with E-state index in [1.165, 1.54) is 15.6 Å². The molecule has 0 radical (unpaired) electrons. The lowest BCUT2D eigenvalue weighted by molar-refractivity contribution is -0.130. The van der Waals surface area contributed by atoms with Gasteiger partial charge in [0.2, 0.25) is 0 Å². The molecular weight excluding hydrogens is 331 g/mol. The zero-order valence-electron chi connectivity index (χ0n) is 12.7. The Bertz CT molecular complexity index is 816. The highest BCUT2D eigenvalue weighted by molar-refractivity contribution is 7.99. The SMILES string of the molecule is O=C1N[C@]2(CCSC2)C(=O)N1Cc1ccn(-c2ccccc2F)n1. The van der Waals surface area contributed by atoms with Crippen LogP contribution < -0.4 is 5.32 Å². The summed E-state index contributed by atoms with van der Waals surface area (Å²) in [5, 5.41) is 7.11. The Labute approximate surface area is 142 Å². The number of carbonyl (C=O) groups excluding carboxylic acids is 2. The second-order valence-corrected chi connectivity index (χ2v) is 7.01. The van der Waals surface area contributed by atoms with Gasteiger partial charge in [0, 0.05) is 11.9 Å². The Kier molecular flexibility index (Phi) is 3.56. The minimum Gasteiger partial charge on any atom is -0.322 e. The summed E-state index contributed by atoms with van der Waals surface area (Å²) in [5.41, 5.74) is 0.102. The molecule has 3 amide bonds. The first kappa shape index (κ1) is 15.2. The minimum absolute atomic E-state index is 0.0819. The van der Waals surface area contributed by atoms with E-state index in [4.69, 9.17) is 0 Å². The van der Waals surface area contributed by atoms with Crippen molar-refractivity contribution in [3.8, 4) is 5.69 Å². The summed E-state index contributed by atoms with van der Waals surface area (Å²) < 4.78 is 15.2. The minimum atomic E-state index is -0.754. The summed E-state index contributed by atoms with van der Waals surface area (Å²) in [6.45, 7) is 0.0819. The Morgan fingerprint density at radius 2 is 2.12 bits per heavy atom. The summed E-state index contributed by atoms with van der Waals surface area (Å²) in [7, 11) is 0. The molecule has 1 aromatic heterocycles. The fourth-order valence-corrected chi connectivity index (χ4v) is 4.36. The van der Waals surface area contributed by atoms with Crippen molar-refractivity contribution < 1.29 is 14.0 Å². The fraction of sp³-hybridized carbons (Fsp3) is 0.312. The van der Waals surface area contributed by atoms with Crippen LogP contribution in [-0.4, -0.2) is 43.7 Å². The van der Waals surface area contributed by atoms with Crippen molar-refractivity contribution in [2.45, 2.75) is 18.5 Å². The molecule has 6 nitrogen and oxygen atoms in total. The van der Waals surface area contributed by atoms with E-state index in [0.29, 0.717) is 23.6 Å². The highest BCUT2D eigenvalue weighted by Crippen LogP contribution is 2.33. The monoisotopic (exact) mass is 346 g/mol. The Morgan fingerprint density at radius 3 is 2.88 bits per heavy atom. The number of nitrogens with one attached hydrogen (secondary N) is 1. The highest BCUT2D eigenvalue weighted by Gasteiger charge is 2.52. The first-order valence-electron chi connectivity index (χ1n) is 7.60. The molecule has 2 aromatic rings. The molecule has 4 rings (SSSR count). The van der Waals surface area contributed by atoms with Crippen LogP contribution in [0.25, 0.3) is 5.69 Å². The third-order valence-corrected chi connectivity index (χ3v) is 5.52. The molecule has 3 heterocycles. The van der Waals surface area contributed by atoms with Gasteiger partial charge in [0.05, 0.1) is 12.2 Å². The first-order valence-corrected chi connectivity index (χ1v) is 8.76. The van der Waals surface area contributed by atoms with Crippen molar-refractivity contribution >= 4 is 23.7 Å². The molecule has 1 aromatic carbocycles. The lowest BCUT2D eigenvalue weighted by atomic mass is 9.99. The number of imide groups is 1. The predicted octanol–water partition coefficient (Wildman–Crippen LogP) is 1.94. The van der Waals surface area contributed by atoms with Gasteiger partial charge in [-0.2, -0.15) is 16.9 Å². The molecule has 0 unspecified atom stereocenters. The zero-order valence-corrected chi connectivity index (χ0v) is 13.6. The second-order valence-electron chi connectivity index (χ2n) is 5.91. The van der Waals surface area contributed by atoms with Gasteiger partial charge < -0.3 is 5.32 Å². The number of hydrogen-bond donors (Lipinski definition) is 1. The van der Waals surface area contributed by atoms with Crippen LogP contribution in [0.3, 0.4) is 0 Å². The smallest absolute Gasteiger partial charge is 0.322 e. The van der Waals surface area contributed by atoms with Crippen molar-refractivity contribution in [3.63, 3.8) is 0 Å². The van der Waals surface area contributed by atoms with Gasteiger partial charge in [-0.15, -0.1) is 0 Å². The van der Waals surface area contributed by atoms with Crippen molar-refractivity contribution in [1.82, 2.24) is 20.0 Å². The van der Waals surface area contributed by atoms with Gasteiger partial charge in [-0.1, -0.05) is 12.1 Å². The van der Waals surface area contributed by atoms with Crippen LogP contribution in [0.1, 0.15) is 12.1 Å². The number of rotatable bonds is 3. The van der Waals surface area contributed by atoms with Crippen LogP contribution in [-0.2, 0) is 11.3 Å². The van der Waals surface area contributed by atoms with Crippen molar-refractivity contribution in [1.29, 1.82) is 0 Å². The number of halogens is 1. The molecule has 1 spiro atoms. The van der Waals surface area contributed by atoms with Gasteiger partial charge in [-0.3, -0.25) is 9.69 Å². The molecule has 2 saturated heterocycles. The molecule has 8 heteroatoms. The fourth-order valence-electron chi connectivity index (χ4n) is 3.03. The highest BCUT2D eigenvalue weighted by atomic mass is 32.2. The Balaban J connectivity index is 1.55. The quantitative estimate of drug-likeness (QED) is 0.863. The third-order valence-electron chi connectivity index (χ3n) is 4.33. The number of thioether (sulfide) groups is 1. The molecule has 2 fully saturated rings. The largest absolute Gasteiger partial charge is 0.325 e. The number of para-hydroxylation sites is 1. The summed E-state index contributed by atoms with van der Waals surface area (Å²) in [5.74, 6) is 0.890. The maximum Gasteiger partial charge on any atom is 0.325 e. The summed E-state index contributed by atoms with van der Waals surface area (Å²) in [4.78, 5) is 26.0. The standard InChI is InChI=1S/C16H15FN4O2S/c17-12-3-1-2-4-13(12)21-7-5-11(19-21)9-20-14(22)16(18-15(20)23)6-8-24-10-16/h1-5,7H,6,8-10H2,(H,18,23)/t16-/m0/s1. The van der Waals surface area contributed by atoms with E-state index in [9.17, 15) is 14.0 Å². The maximum absolute atomic E-state index is 13.8. The van der Waals surface area contributed by atoms with Crippen molar-refractivity contribution in [2.24, 2.45) is 0 Å². The van der Waals surface area contributed by atoms with Crippen molar-refractivity contribution in [2.75, 3.05) is 11.5 Å². The maximum atomic E-state index is 13.8. The molecule has 2 aliphatic heterocycles. The number of urea groups is 1. The number of aromatic nitrogens is 2. The van der Waals surface area contributed by atoms with Crippen LogP contribution in [0.5, 0.6) is 0 Å². The normalized spacial score (nSPS) is 23.3. The van der Waals surface area contributed by atoms with Gasteiger partial charge in [0.1, 0.15) is 17.0 Å². The lowest BCUT2D eigenvalue weighted by Crippen LogP contribution is -2.46. The summed E-state index contributed by atoms with van der Waals surface area (Å²) >= 11 is 1.66. The molecule has 0 bridgehead atoms. The average molecular weight is 346 g/mol. The molecule has 0 saturated carbocycles. The summed E-state index contributed by atoms with van der Waals surface area (Å²) in [6, 6.07) is 7.60. The number of amides is 3. The van der Waals surface area contributed by atoms with E-state index in [0.717, 1.165) is 5.75 Å². The predicted molar refractivity (Wildman–Crippen MR) is 87.3 cm³/mol. The van der Waals surface area contributed by atoms with E-state index in [2.05, 4.69) is 10.4 Å². The Hall–Kier alpha value is -2.35. The molecule has 0 aliphatic carbocycles. The lowest BCUT2D eigenvalue weighted by Gasteiger charge is -2.18. The van der Waals surface area contributed by atoms with Gasteiger partial charge in [0.15, 0.2) is 0 Å². The van der Waals surface area contributed by atoms with Gasteiger partial charge in [-0.25, -0.2) is 13.9 Å². The van der Waals surface area contributed by atoms with E-state index in [1.807, 2.05) is 0 Å². The van der Waals surface area contributed by atoms with Crippen LogP contribution in [0.2, 0.25) is 0 Å². The second kappa shape index (κ2) is 5.62. The van der Waals surface area contributed by atoms with E-state index in [-0.39, 0.29) is 24.3 Å². The van der Waals surface area contributed by atoms with Crippen LogP contribution >= 0.6 is 11.8 Å². The molecular formula is C16H15FN4O2S. The van der Waals surface area contributed by atoms with Crippen LogP contribution in [0, 0.1) is 5.82 Å². The first-order chi connectivity index (χ1) is 11.6. The molecule has 2 aliphatic rings. The number of carbonyl (C=O) groups is 2. The van der Waals surface area contributed by atoms with E-state index < -0.39 is 5.54 Å². The summed E-state index contributed by atoms with van der Waals surface area (Å²) in [6.07, 6.45) is 2.27. The molecule has 124 valence electrons. The number of benzene rings is 1. The molecule has 24 heavy (non-hydrogen) atoms. The molecule has 1 atom stereocenters. The average Bonchev–Trinajstić information content (AvgIpc) is 3.26. The third kappa shape index (κ3) is 2.37. The van der Waals surface area contributed by atoms with Crippen LogP contribution in [0.4, 0.5) is 9.18 Å². The number of hydrogen-bond acceptors (Lipinski definition) is 4. The Morgan fingerprint density at radius 1 is 1.29 bits per heavy atom. The van der Waals surface area contributed by atoms with Gasteiger partial charge in [0.25, 0.3) is 5.91 Å². The van der Waals surface area contributed by atoms with E-state index >= 15 is 0 Å². The number of nitrogens with zero attached hydrogens (tertiary/aromatic N) is 3. The van der Waals surface area contributed by atoms with Gasteiger partial charge in [-0.05, 0) is 30.4 Å². The van der Waals surface area contributed by atoms with Crippen molar-refractivity contribution in [3.05, 3.63) is 48.0 Å². The molecule has 1 N–H and O–H groups in total.